The molecule has 1 aromatic rings. The van der Waals surface area contributed by atoms with Gasteiger partial charge in [-0.3, -0.25) is 0 Å². The Kier molecular flexibility index (Phi) is 6.99. The zero-order valence-corrected chi connectivity index (χ0v) is 15.0. The molecule has 1 fully saturated rings. The lowest BCUT2D eigenvalue weighted by atomic mass is 9.93. The maximum absolute atomic E-state index is 5.81. The van der Waals surface area contributed by atoms with Crippen LogP contribution in [0.5, 0.6) is 0 Å². The smallest absolute Gasteiger partial charge is 0.0733 e. The zero-order valence-electron chi connectivity index (χ0n) is 15.0. The first-order valence-corrected chi connectivity index (χ1v) is 8.01. The predicted molar refractivity (Wildman–Crippen MR) is 103 cm³/mol. The van der Waals surface area contributed by atoms with Crippen LogP contribution in [0.15, 0.2) is 66.3 Å². The van der Waals surface area contributed by atoms with Crippen LogP contribution in [0.4, 0.5) is 0 Å². The molecule has 1 nitrogen and oxygen atoms in total. The van der Waals surface area contributed by atoms with E-state index in [2.05, 4.69) is 51.4 Å². The molecule has 1 aromatic carbocycles. The van der Waals surface area contributed by atoms with E-state index in [1.807, 2.05) is 26.8 Å². The molecule has 122 valence electrons. The van der Waals surface area contributed by atoms with Crippen LogP contribution >= 0.6 is 0 Å². The van der Waals surface area contributed by atoms with Crippen molar-refractivity contribution in [2.24, 2.45) is 0 Å². The number of allylic oxidation sites excluding steroid dienone is 2. The normalized spacial score (nSPS) is 19.0. The number of ether oxygens (including phenoxy) is 1. The Bertz CT molecular complexity index is 760. The minimum Gasteiger partial charge on any atom is -0.372 e. The summed E-state index contributed by atoms with van der Waals surface area (Å²) in [4.78, 5) is 0. The molecule has 2 rings (SSSR count). The van der Waals surface area contributed by atoms with Crippen molar-refractivity contribution in [3.63, 3.8) is 0 Å². The van der Waals surface area contributed by atoms with Crippen LogP contribution < -0.4 is 10.4 Å². The lowest BCUT2D eigenvalue weighted by Crippen LogP contribution is -2.27. The van der Waals surface area contributed by atoms with E-state index in [0.717, 1.165) is 38.3 Å². The maximum Gasteiger partial charge on any atom is 0.0733 e. The molecule has 0 bridgehead atoms. The Morgan fingerprint density at radius 1 is 1.09 bits per heavy atom. The van der Waals surface area contributed by atoms with Gasteiger partial charge in [-0.25, -0.2) is 0 Å². The Morgan fingerprint density at radius 3 is 2.30 bits per heavy atom. The first-order valence-electron chi connectivity index (χ1n) is 8.01. The third kappa shape index (κ3) is 4.67. The molecule has 0 amide bonds. The third-order valence-corrected chi connectivity index (χ3v) is 3.63. The minimum absolute atomic E-state index is 0.525. The molecule has 1 aliphatic rings. The van der Waals surface area contributed by atoms with Gasteiger partial charge in [0.15, 0.2) is 0 Å². The molecule has 0 radical (unpaired) electrons. The van der Waals surface area contributed by atoms with E-state index in [1.54, 1.807) is 0 Å². The first-order chi connectivity index (χ1) is 10.9. The van der Waals surface area contributed by atoms with Crippen LogP contribution in [-0.4, -0.2) is 13.2 Å². The minimum atomic E-state index is 0.525. The number of hydrogen-bond acceptors (Lipinski definition) is 1. The van der Waals surface area contributed by atoms with Gasteiger partial charge in [0.1, 0.15) is 0 Å². The average molecular weight is 308 g/mol. The maximum atomic E-state index is 5.81. The molecule has 0 atom stereocenters. The summed E-state index contributed by atoms with van der Waals surface area (Å²) in [6.45, 7) is 25.5. The number of benzene rings is 1. The fourth-order valence-corrected chi connectivity index (χ4v) is 2.50. The average Bonchev–Trinajstić information content (AvgIpc) is 2.63. The van der Waals surface area contributed by atoms with Crippen molar-refractivity contribution in [2.45, 2.75) is 27.7 Å². The van der Waals surface area contributed by atoms with Crippen molar-refractivity contribution in [1.29, 1.82) is 0 Å². The summed E-state index contributed by atoms with van der Waals surface area (Å²) in [6.07, 6.45) is 2.01. The largest absolute Gasteiger partial charge is 0.372 e. The summed E-state index contributed by atoms with van der Waals surface area (Å²) in [5.41, 5.74) is 6.14. The van der Waals surface area contributed by atoms with Crippen molar-refractivity contribution in [1.82, 2.24) is 0 Å². The molecular weight excluding hydrogens is 280 g/mol. The van der Waals surface area contributed by atoms with Crippen molar-refractivity contribution < 1.29 is 4.74 Å². The number of rotatable bonds is 1. The molecule has 1 heteroatoms. The topological polar surface area (TPSA) is 9.23 Å². The van der Waals surface area contributed by atoms with E-state index in [1.165, 1.54) is 5.56 Å². The zero-order chi connectivity index (χ0) is 17.6. The van der Waals surface area contributed by atoms with Gasteiger partial charge in [0, 0.05) is 0 Å². The Hall–Kier alpha value is -2.12. The summed E-state index contributed by atoms with van der Waals surface area (Å²) < 4.78 is 5.81. The van der Waals surface area contributed by atoms with E-state index < -0.39 is 0 Å². The second-order valence-electron chi connectivity index (χ2n) is 5.60. The number of hydrogen-bond donors (Lipinski definition) is 0. The van der Waals surface area contributed by atoms with Gasteiger partial charge in [0.2, 0.25) is 0 Å². The SMILES string of the molecule is C=C(C)/C=C1/COC/C(=c2\ccc(C)cc2=C)C(=C)C1=C.CC. The van der Waals surface area contributed by atoms with Crippen molar-refractivity contribution in [2.75, 3.05) is 13.2 Å². The van der Waals surface area contributed by atoms with E-state index in [0.29, 0.717) is 13.2 Å². The highest BCUT2D eigenvalue weighted by Gasteiger charge is 2.17. The first kappa shape index (κ1) is 18.9. The van der Waals surface area contributed by atoms with Crippen LogP contribution in [0.1, 0.15) is 26.3 Å². The van der Waals surface area contributed by atoms with Crippen LogP contribution in [0.3, 0.4) is 0 Å². The molecule has 0 spiro atoms. The quantitative estimate of drug-likeness (QED) is 0.754. The molecule has 0 saturated carbocycles. The molecule has 0 aliphatic carbocycles. The van der Waals surface area contributed by atoms with E-state index in [4.69, 9.17) is 4.74 Å². The molecule has 23 heavy (non-hydrogen) atoms. The molecular formula is C22H28O. The third-order valence-electron chi connectivity index (χ3n) is 3.63. The Labute approximate surface area is 140 Å². The Balaban J connectivity index is 0.00000127. The van der Waals surface area contributed by atoms with E-state index in [9.17, 15) is 0 Å². The van der Waals surface area contributed by atoms with Gasteiger partial charge >= 0.3 is 0 Å². The predicted octanol–water partition coefficient (Wildman–Crippen LogP) is 4.23. The van der Waals surface area contributed by atoms with Gasteiger partial charge in [-0.15, -0.1) is 0 Å². The molecule has 0 aromatic heterocycles. The van der Waals surface area contributed by atoms with Gasteiger partial charge in [-0.05, 0) is 46.6 Å². The molecule has 0 N–H and O–H groups in total. The Morgan fingerprint density at radius 2 is 1.74 bits per heavy atom. The highest BCUT2D eigenvalue weighted by Crippen LogP contribution is 2.27. The van der Waals surface area contributed by atoms with E-state index >= 15 is 0 Å². The van der Waals surface area contributed by atoms with Gasteiger partial charge in [0.05, 0.1) is 13.2 Å². The fraction of sp³-hybridized carbons (Fsp3) is 0.273. The molecule has 1 aliphatic heterocycles. The van der Waals surface area contributed by atoms with E-state index in [-0.39, 0.29) is 0 Å². The summed E-state index contributed by atoms with van der Waals surface area (Å²) in [5.74, 6) is 0. The van der Waals surface area contributed by atoms with Crippen LogP contribution in [0, 0.1) is 6.92 Å². The monoisotopic (exact) mass is 308 g/mol. The van der Waals surface area contributed by atoms with Gasteiger partial charge in [-0.2, -0.15) is 0 Å². The van der Waals surface area contributed by atoms with Crippen LogP contribution in [-0.2, 0) is 4.74 Å². The summed E-state index contributed by atoms with van der Waals surface area (Å²) in [7, 11) is 0. The lowest BCUT2D eigenvalue weighted by molar-refractivity contribution is 0.196. The van der Waals surface area contributed by atoms with Crippen LogP contribution in [0.2, 0.25) is 0 Å². The van der Waals surface area contributed by atoms with Crippen LogP contribution in [0.25, 0.3) is 12.2 Å². The van der Waals surface area contributed by atoms with Crippen molar-refractivity contribution in [3.8, 4) is 0 Å². The lowest BCUT2D eigenvalue weighted by Gasteiger charge is -2.10. The second-order valence-corrected chi connectivity index (χ2v) is 5.60. The van der Waals surface area contributed by atoms with Crippen molar-refractivity contribution >= 4 is 12.2 Å². The summed E-state index contributed by atoms with van der Waals surface area (Å²) >= 11 is 0. The highest BCUT2D eigenvalue weighted by atomic mass is 16.5. The summed E-state index contributed by atoms with van der Waals surface area (Å²) in [6, 6.07) is 6.25. The molecule has 1 saturated heterocycles. The highest BCUT2D eigenvalue weighted by molar-refractivity contribution is 5.75. The summed E-state index contributed by atoms with van der Waals surface area (Å²) in [5, 5.41) is 2.08. The van der Waals surface area contributed by atoms with Gasteiger partial charge in [0.25, 0.3) is 0 Å². The van der Waals surface area contributed by atoms with Gasteiger partial charge in [-0.1, -0.05) is 75.6 Å². The second kappa shape index (κ2) is 8.50. The molecule has 1 heterocycles. The number of aryl methyl sites for hydroxylation is 1. The van der Waals surface area contributed by atoms with Crippen molar-refractivity contribution in [3.05, 3.63) is 82.3 Å². The van der Waals surface area contributed by atoms with Gasteiger partial charge < -0.3 is 4.74 Å². The fourth-order valence-electron chi connectivity index (χ4n) is 2.50. The standard InChI is InChI=1S/C20H22O.C2H6/c1-13(2)9-18-11-21-12-20(17(6)16(18)5)19-8-7-14(3)10-15(19)4;1-2/h7-10H,1,4-6,11-12H2,2-3H3;1-2H3/b18-9-,20-19-;. The molecule has 0 unspecified atom stereocenters.